The van der Waals surface area contributed by atoms with Crippen LogP contribution in [0, 0.1) is 0 Å². The molecule has 5 nitrogen and oxygen atoms in total. The van der Waals surface area contributed by atoms with Gasteiger partial charge >= 0.3 is 0 Å². The van der Waals surface area contributed by atoms with Crippen molar-refractivity contribution < 1.29 is 10.2 Å². The van der Waals surface area contributed by atoms with Crippen molar-refractivity contribution >= 4 is 11.6 Å². The second kappa shape index (κ2) is 4.65. The van der Waals surface area contributed by atoms with Crippen LogP contribution in [0.5, 0.6) is 5.88 Å². The maximum atomic E-state index is 11.5. The molecule has 1 heterocycles. The van der Waals surface area contributed by atoms with Crippen molar-refractivity contribution in [1.29, 1.82) is 0 Å². The summed E-state index contributed by atoms with van der Waals surface area (Å²) in [5.74, 6) is -0.202. The third kappa shape index (κ3) is 2.20. The fourth-order valence-electron chi connectivity index (χ4n) is 1.60. The van der Waals surface area contributed by atoms with Crippen LogP contribution in [0.2, 0.25) is 5.02 Å². The van der Waals surface area contributed by atoms with E-state index in [4.69, 9.17) is 16.7 Å². The van der Waals surface area contributed by atoms with Crippen molar-refractivity contribution in [2.75, 3.05) is 6.61 Å². The summed E-state index contributed by atoms with van der Waals surface area (Å²) in [6, 6.07) is 6.71. The Hall–Kier alpha value is -1.72. The maximum Gasteiger partial charge on any atom is 0.271 e. The van der Waals surface area contributed by atoms with E-state index < -0.39 is 5.56 Å². The molecule has 0 saturated carbocycles. The monoisotopic (exact) mass is 254 g/mol. The molecule has 6 heteroatoms. The van der Waals surface area contributed by atoms with E-state index in [0.29, 0.717) is 10.7 Å². The number of halogens is 1. The van der Waals surface area contributed by atoms with Crippen LogP contribution in [-0.2, 0) is 6.42 Å². The number of rotatable bonds is 3. The highest BCUT2D eigenvalue weighted by Gasteiger charge is 2.14. The summed E-state index contributed by atoms with van der Waals surface area (Å²) in [7, 11) is 0. The van der Waals surface area contributed by atoms with Gasteiger partial charge in [-0.05, 0) is 18.2 Å². The van der Waals surface area contributed by atoms with Crippen molar-refractivity contribution in [2.24, 2.45) is 0 Å². The predicted molar refractivity (Wildman–Crippen MR) is 63.9 cm³/mol. The fourth-order valence-corrected chi connectivity index (χ4v) is 1.78. The molecule has 1 aromatic heterocycles. The lowest BCUT2D eigenvalue weighted by Gasteiger charge is -2.04. The van der Waals surface area contributed by atoms with Gasteiger partial charge in [0.05, 0.1) is 11.3 Å². The van der Waals surface area contributed by atoms with Crippen molar-refractivity contribution in [2.45, 2.75) is 6.42 Å². The number of aromatic amines is 1. The van der Waals surface area contributed by atoms with E-state index in [2.05, 4.69) is 5.10 Å². The average molecular weight is 255 g/mol. The third-order valence-electron chi connectivity index (χ3n) is 2.40. The Morgan fingerprint density at radius 3 is 2.82 bits per heavy atom. The van der Waals surface area contributed by atoms with Gasteiger partial charge in [-0.25, -0.2) is 4.68 Å². The first-order valence-electron chi connectivity index (χ1n) is 5.03. The van der Waals surface area contributed by atoms with Crippen LogP contribution in [-0.4, -0.2) is 26.6 Å². The zero-order valence-corrected chi connectivity index (χ0v) is 9.61. The molecule has 2 aromatic rings. The van der Waals surface area contributed by atoms with Crippen LogP contribution in [0.3, 0.4) is 0 Å². The topological polar surface area (TPSA) is 78.2 Å². The van der Waals surface area contributed by atoms with Gasteiger partial charge in [0.2, 0.25) is 5.88 Å². The molecule has 0 atom stereocenters. The first-order chi connectivity index (χ1) is 8.13. The molecule has 0 unspecified atom stereocenters. The lowest BCUT2D eigenvalue weighted by molar-refractivity contribution is 0.296. The number of H-pyrrole nitrogens is 1. The molecular weight excluding hydrogens is 244 g/mol. The summed E-state index contributed by atoms with van der Waals surface area (Å²) in [4.78, 5) is 11.5. The minimum absolute atomic E-state index is 0.106. The lowest BCUT2D eigenvalue weighted by atomic mass is 10.2. The molecule has 0 spiro atoms. The molecule has 0 aliphatic heterocycles. The van der Waals surface area contributed by atoms with Gasteiger partial charge in [-0.2, -0.15) is 0 Å². The molecule has 0 fully saturated rings. The van der Waals surface area contributed by atoms with Crippen molar-refractivity contribution in [3.63, 3.8) is 0 Å². The number of benzene rings is 1. The number of nitrogens with one attached hydrogen (secondary N) is 1. The summed E-state index contributed by atoms with van der Waals surface area (Å²) in [6.45, 7) is -0.198. The van der Waals surface area contributed by atoms with Crippen molar-refractivity contribution in [3.8, 4) is 11.6 Å². The summed E-state index contributed by atoms with van der Waals surface area (Å²) in [5.41, 5.74) is 0.292. The maximum absolute atomic E-state index is 11.5. The zero-order chi connectivity index (χ0) is 12.4. The second-order valence-electron chi connectivity index (χ2n) is 3.53. The van der Waals surface area contributed by atoms with Crippen LogP contribution in [0.4, 0.5) is 0 Å². The molecule has 0 aliphatic rings. The average Bonchev–Trinajstić information content (AvgIpc) is 2.57. The number of aliphatic hydroxyl groups excluding tert-OH is 1. The Labute approximate surface area is 102 Å². The number of hydrogen-bond donors (Lipinski definition) is 3. The van der Waals surface area contributed by atoms with Gasteiger partial charge in [0.1, 0.15) is 0 Å². The Balaban J connectivity index is 2.54. The number of nitrogens with zero attached hydrogens (tertiary/aromatic N) is 1. The highest BCUT2D eigenvalue weighted by molar-refractivity contribution is 6.30. The van der Waals surface area contributed by atoms with Gasteiger partial charge in [0.25, 0.3) is 5.56 Å². The minimum Gasteiger partial charge on any atom is -0.493 e. The van der Waals surface area contributed by atoms with Gasteiger partial charge in [-0.3, -0.25) is 9.89 Å². The number of hydrogen-bond acceptors (Lipinski definition) is 3. The minimum atomic E-state index is -0.420. The van der Waals surface area contributed by atoms with Crippen molar-refractivity contribution in [1.82, 2.24) is 9.78 Å². The van der Waals surface area contributed by atoms with Crippen LogP contribution >= 0.6 is 11.6 Å². The van der Waals surface area contributed by atoms with E-state index in [0.717, 1.165) is 0 Å². The quantitative estimate of drug-likeness (QED) is 0.766. The van der Waals surface area contributed by atoms with Crippen LogP contribution in [0.1, 0.15) is 5.56 Å². The fraction of sp³-hybridized carbons (Fsp3) is 0.182. The molecule has 0 saturated heterocycles. The molecule has 1 aromatic carbocycles. The third-order valence-corrected chi connectivity index (χ3v) is 2.63. The van der Waals surface area contributed by atoms with Gasteiger partial charge in [0.15, 0.2) is 0 Å². The molecule has 90 valence electrons. The summed E-state index contributed by atoms with van der Waals surface area (Å²) < 4.78 is 1.24. The van der Waals surface area contributed by atoms with E-state index in [1.165, 1.54) is 4.68 Å². The smallest absolute Gasteiger partial charge is 0.271 e. The van der Waals surface area contributed by atoms with E-state index in [1.807, 2.05) is 0 Å². The summed E-state index contributed by atoms with van der Waals surface area (Å²) in [6.07, 6.45) is 0.106. The second-order valence-corrected chi connectivity index (χ2v) is 3.97. The van der Waals surface area contributed by atoms with Gasteiger partial charge in [-0.1, -0.05) is 17.7 Å². The molecule has 17 heavy (non-hydrogen) atoms. The molecule has 2 rings (SSSR count). The Morgan fingerprint density at radius 1 is 1.41 bits per heavy atom. The highest BCUT2D eigenvalue weighted by Crippen LogP contribution is 2.20. The summed E-state index contributed by atoms with van der Waals surface area (Å²) >= 11 is 5.83. The number of aromatic nitrogens is 2. The molecule has 0 bridgehead atoms. The van der Waals surface area contributed by atoms with Crippen LogP contribution in [0.25, 0.3) is 5.69 Å². The molecule has 3 N–H and O–H groups in total. The lowest BCUT2D eigenvalue weighted by Crippen LogP contribution is -2.08. The standard InChI is InChI=1S/C11H11ClN2O3/c12-7-2-1-3-8(6-7)14-11(17)9(4-5-15)10(16)13-14/h1-3,6,15,17H,4-5H2,(H,13,16). The van der Waals surface area contributed by atoms with Crippen LogP contribution < -0.4 is 5.56 Å². The van der Waals surface area contributed by atoms with E-state index >= 15 is 0 Å². The molecular formula is C11H11ClN2O3. The zero-order valence-electron chi connectivity index (χ0n) is 8.85. The molecule has 0 aliphatic carbocycles. The van der Waals surface area contributed by atoms with Crippen molar-refractivity contribution in [3.05, 3.63) is 45.2 Å². The van der Waals surface area contributed by atoms with E-state index in [1.54, 1.807) is 24.3 Å². The largest absolute Gasteiger partial charge is 0.493 e. The van der Waals surface area contributed by atoms with Gasteiger partial charge < -0.3 is 10.2 Å². The van der Waals surface area contributed by atoms with E-state index in [-0.39, 0.29) is 24.5 Å². The van der Waals surface area contributed by atoms with Gasteiger partial charge in [0, 0.05) is 18.1 Å². The first-order valence-corrected chi connectivity index (χ1v) is 5.41. The van der Waals surface area contributed by atoms with Crippen LogP contribution in [0.15, 0.2) is 29.1 Å². The molecule has 0 amide bonds. The number of aliphatic hydroxyl groups is 1. The Kier molecular flexibility index (Phi) is 3.21. The Morgan fingerprint density at radius 2 is 2.18 bits per heavy atom. The van der Waals surface area contributed by atoms with Gasteiger partial charge in [-0.15, -0.1) is 0 Å². The SMILES string of the molecule is O=c1[nH]n(-c2cccc(Cl)c2)c(O)c1CCO. The first kappa shape index (κ1) is 11.8. The highest BCUT2D eigenvalue weighted by atomic mass is 35.5. The Bertz CT molecular complexity index is 589. The normalized spacial score (nSPS) is 10.7. The predicted octanol–water partition coefficient (Wildman–Crippen LogP) is 1.06. The van der Waals surface area contributed by atoms with E-state index in [9.17, 15) is 9.90 Å². The molecule has 0 radical (unpaired) electrons. The number of aromatic hydroxyl groups is 1. The summed E-state index contributed by atoms with van der Waals surface area (Å²) in [5, 5.41) is 21.6.